The molecule has 0 radical (unpaired) electrons. The van der Waals surface area contributed by atoms with Crippen LogP contribution in [0.4, 0.5) is 0 Å². The van der Waals surface area contributed by atoms with Crippen LogP contribution in [0.1, 0.15) is 12.8 Å². The zero-order chi connectivity index (χ0) is 10.6. The topological polar surface area (TPSA) is 92.4 Å². The number of aliphatic carboxylic acids is 1. The van der Waals surface area contributed by atoms with Gasteiger partial charge in [0.15, 0.2) is 0 Å². The van der Waals surface area contributed by atoms with Gasteiger partial charge in [-0.05, 0) is 12.8 Å². The molecule has 0 aromatic heterocycles. The number of hydrogen-bond donors (Lipinski definition) is 3. The minimum absolute atomic E-state index is 0.0922. The van der Waals surface area contributed by atoms with Gasteiger partial charge < -0.3 is 16.2 Å². The van der Waals surface area contributed by atoms with Crippen molar-refractivity contribution in [1.29, 1.82) is 0 Å². The molecule has 0 saturated carbocycles. The van der Waals surface area contributed by atoms with E-state index >= 15 is 0 Å². The van der Waals surface area contributed by atoms with E-state index in [1.54, 1.807) is 0 Å². The second-order valence-corrected chi connectivity index (χ2v) is 5.11. The van der Waals surface area contributed by atoms with Gasteiger partial charge in [-0.2, -0.15) is 0 Å². The van der Waals surface area contributed by atoms with Crippen molar-refractivity contribution in [2.45, 2.75) is 24.9 Å². The van der Waals surface area contributed by atoms with E-state index in [0.717, 1.165) is 12.8 Å². The molecule has 0 bridgehead atoms. The molecule has 0 amide bonds. The predicted octanol–water partition coefficient (Wildman–Crippen LogP) is -1.10. The van der Waals surface area contributed by atoms with Crippen LogP contribution in [0, 0.1) is 0 Å². The van der Waals surface area contributed by atoms with Crippen molar-refractivity contribution in [3.05, 3.63) is 0 Å². The molecular weight excluding hydrogens is 204 g/mol. The lowest BCUT2D eigenvalue weighted by Crippen LogP contribution is -2.49. The molecule has 1 aliphatic heterocycles. The zero-order valence-corrected chi connectivity index (χ0v) is 8.76. The van der Waals surface area contributed by atoms with Crippen molar-refractivity contribution in [2.24, 2.45) is 5.73 Å². The molecule has 4 N–H and O–H groups in total. The summed E-state index contributed by atoms with van der Waals surface area (Å²) in [5, 5.41) is 11.7. The Hall–Kier alpha value is -0.460. The Morgan fingerprint density at radius 1 is 1.57 bits per heavy atom. The van der Waals surface area contributed by atoms with Gasteiger partial charge in [0.05, 0.1) is 0 Å². The Morgan fingerprint density at radius 2 is 2.14 bits per heavy atom. The molecule has 5 nitrogen and oxygen atoms in total. The fraction of sp³-hybridized carbons (Fsp3) is 0.875. The molecular formula is C8H16N2O3S. The van der Waals surface area contributed by atoms with Crippen LogP contribution in [0.5, 0.6) is 0 Å². The highest BCUT2D eigenvalue weighted by atomic mass is 32.2. The molecule has 1 saturated heterocycles. The van der Waals surface area contributed by atoms with Crippen molar-refractivity contribution in [2.75, 3.05) is 18.1 Å². The Kier molecular flexibility index (Phi) is 4.50. The maximum absolute atomic E-state index is 11.0. The minimum atomic E-state index is -0.917. The molecule has 1 heterocycles. The maximum atomic E-state index is 11.0. The van der Waals surface area contributed by atoms with E-state index in [0.29, 0.717) is 11.5 Å². The predicted molar refractivity (Wildman–Crippen MR) is 54.5 cm³/mol. The van der Waals surface area contributed by atoms with E-state index in [1.807, 2.05) is 0 Å². The van der Waals surface area contributed by atoms with Gasteiger partial charge in [0.25, 0.3) is 0 Å². The number of rotatable bonds is 4. The number of nitrogens with two attached hydrogens (primary N) is 1. The Balaban J connectivity index is 2.36. The number of carboxylic acid groups (broad SMARTS) is 1. The summed E-state index contributed by atoms with van der Waals surface area (Å²) in [6.07, 6.45) is 1.55. The van der Waals surface area contributed by atoms with E-state index in [4.69, 9.17) is 10.8 Å². The van der Waals surface area contributed by atoms with Crippen LogP contribution in [0.15, 0.2) is 0 Å². The molecule has 14 heavy (non-hydrogen) atoms. The molecule has 1 fully saturated rings. The fourth-order valence-corrected chi connectivity index (χ4v) is 2.78. The third-order valence-electron chi connectivity index (χ3n) is 2.36. The third kappa shape index (κ3) is 3.36. The summed E-state index contributed by atoms with van der Waals surface area (Å²) in [4.78, 5) is 10.7. The van der Waals surface area contributed by atoms with Gasteiger partial charge in [0.2, 0.25) is 0 Å². The monoisotopic (exact) mass is 220 g/mol. The van der Waals surface area contributed by atoms with Crippen molar-refractivity contribution in [3.63, 3.8) is 0 Å². The fourth-order valence-electron chi connectivity index (χ4n) is 1.49. The average molecular weight is 220 g/mol. The standard InChI is InChI=1S/C8H16N2O3S/c9-5-7(8(11)12)10-6-1-3-14(13)4-2-6/h6-7,10H,1-5,9H2,(H,11,12). The quantitative estimate of drug-likeness (QED) is 0.559. The van der Waals surface area contributed by atoms with Crippen molar-refractivity contribution in [3.8, 4) is 0 Å². The lowest BCUT2D eigenvalue weighted by atomic mass is 10.1. The third-order valence-corrected chi connectivity index (χ3v) is 3.74. The van der Waals surface area contributed by atoms with Crippen LogP contribution in [0.2, 0.25) is 0 Å². The highest BCUT2D eigenvalue weighted by Gasteiger charge is 2.23. The summed E-state index contributed by atoms with van der Waals surface area (Å²) >= 11 is 0. The zero-order valence-electron chi connectivity index (χ0n) is 7.94. The highest BCUT2D eigenvalue weighted by Crippen LogP contribution is 2.09. The van der Waals surface area contributed by atoms with Crippen LogP contribution >= 0.6 is 0 Å². The SMILES string of the molecule is NCC(NC1CCS(=O)CC1)C(=O)O. The van der Waals surface area contributed by atoms with Crippen molar-refractivity contribution < 1.29 is 14.1 Å². The number of carboxylic acids is 1. The first-order chi connectivity index (χ1) is 6.63. The number of nitrogens with one attached hydrogen (secondary N) is 1. The summed E-state index contributed by atoms with van der Waals surface area (Å²) in [6.45, 7) is 0.0922. The van der Waals surface area contributed by atoms with Crippen LogP contribution in [0.25, 0.3) is 0 Å². The van der Waals surface area contributed by atoms with Crippen LogP contribution < -0.4 is 11.1 Å². The largest absolute Gasteiger partial charge is 0.480 e. The molecule has 1 atom stereocenters. The Labute approximate surface area is 85.5 Å². The van der Waals surface area contributed by atoms with E-state index in [1.165, 1.54) is 0 Å². The highest BCUT2D eigenvalue weighted by molar-refractivity contribution is 7.85. The minimum Gasteiger partial charge on any atom is -0.480 e. The van der Waals surface area contributed by atoms with Gasteiger partial charge in [-0.25, -0.2) is 0 Å². The van der Waals surface area contributed by atoms with E-state index in [2.05, 4.69) is 5.32 Å². The summed E-state index contributed by atoms with van der Waals surface area (Å²) in [5.41, 5.74) is 5.31. The summed E-state index contributed by atoms with van der Waals surface area (Å²) in [5.74, 6) is 0.405. The van der Waals surface area contributed by atoms with E-state index < -0.39 is 22.8 Å². The van der Waals surface area contributed by atoms with Crippen LogP contribution in [-0.4, -0.2) is 45.4 Å². The number of carbonyl (C=O) groups is 1. The van der Waals surface area contributed by atoms with Gasteiger partial charge in [-0.1, -0.05) is 0 Å². The smallest absolute Gasteiger partial charge is 0.322 e. The molecule has 0 aliphatic carbocycles. The molecule has 1 unspecified atom stereocenters. The van der Waals surface area contributed by atoms with Gasteiger partial charge in [0, 0.05) is 34.9 Å². The van der Waals surface area contributed by atoms with Crippen LogP contribution in [-0.2, 0) is 15.6 Å². The lowest BCUT2D eigenvalue weighted by Gasteiger charge is -2.25. The van der Waals surface area contributed by atoms with Gasteiger partial charge in [0.1, 0.15) is 6.04 Å². The molecule has 82 valence electrons. The summed E-state index contributed by atoms with van der Waals surface area (Å²) < 4.78 is 11.0. The molecule has 1 aliphatic rings. The molecule has 0 aromatic rings. The first-order valence-corrected chi connectivity index (χ1v) is 6.16. The average Bonchev–Trinajstić information content (AvgIpc) is 2.16. The summed E-state index contributed by atoms with van der Waals surface area (Å²) in [6, 6.07) is -0.524. The van der Waals surface area contributed by atoms with Crippen molar-refractivity contribution >= 4 is 16.8 Å². The lowest BCUT2D eigenvalue weighted by molar-refractivity contribution is -0.139. The molecule has 1 rings (SSSR count). The second-order valence-electron chi connectivity index (χ2n) is 3.42. The molecule has 0 aromatic carbocycles. The maximum Gasteiger partial charge on any atom is 0.322 e. The summed E-state index contributed by atoms with van der Waals surface area (Å²) in [7, 11) is -0.707. The van der Waals surface area contributed by atoms with Gasteiger partial charge >= 0.3 is 5.97 Å². The van der Waals surface area contributed by atoms with E-state index in [9.17, 15) is 9.00 Å². The molecule has 6 heteroatoms. The normalized spacial score (nSPS) is 29.8. The Bertz CT molecular complexity index is 225. The number of hydrogen-bond acceptors (Lipinski definition) is 4. The second kappa shape index (κ2) is 5.43. The molecule has 0 spiro atoms. The van der Waals surface area contributed by atoms with Crippen molar-refractivity contribution in [1.82, 2.24) is 5.32 Å². The van der Waals surface area contributed by atoms with E-state index in [-0.39, 0.29) is 12.6 Å². The van der Waals surface area contributed by atoms with Crippen LogP contribution in [0.3, 0.4) is 0 Å². The first-order valence-electron chi connectivity index (χ1n) is 4.67. The van der Waals surface area contributed by atoms with Gasteiger partial charge in [-0.15, -0.1) is 0 Å². The first kappa shape index (κ1) is 11.6. The Morgan fingerprint density at radius 3 is 2.57 bits per heavy atom. The van der Waals surface area contributed by atoms with Gasteiger partial charge in [-0.3, -0.25) is 9.00 Å².